The summed E-state index contributed by atoms with van der Waals surface area (Å²) in [6, 6.07) is 0. The summed E-state index contributed by atoms with van der Waals surface area (Å²) in [4.78, 5) is 25.3. The van der Waals surface area contributed by atoms with Gasteiger partial charge in [-0.25, -0.2) is 0 Å². The normalized spacial score (nSPS) is 16.7. The number of nitrogens with zero attached hydrogens (tertiary/aromatic N) is 3. The van der Waals surface area contributed by atoms with Crippen molar-refractivity contribution >= 4 is 22.4 Å². The lowest BCUT2D eigenvalue weighted by Crippen LogP contribution is -2.34. The molecule has 0 aliphatic heterocycles. The van der Waals surface area contributed by atoms with Crippen LogP contribution in [-0.2, 0) is 19.4 Å². The molecule has 0 radical (unpaired) electrons. The van der Waals surface area contributed by atoms with Crippen LogP contribution in [0.15, 0.2) is 10.3 Å². The van der Waals surface area contributed by atoms with Gasteiger partial charge in [-0.2, -0.15) is 0 Å². The quantitative estimate of drug-likeness (QED) is 0.883. The van der Waals surface area contributed by atoms with Crippen molar-refractivity contribution in [1.82, 2.24) is 14.8 Å². The van der Waals surface area contributed by atoms with Gasteiger partial charge in [-0.3, -0.25) is 14.9 Å². The predicted octanol–water partition coefficient (Wildman–Crippen LogP) is 2.19. The average Bonchev–Trinajstić information content (AvgIpc) is 3.04. The molecule has 0 bridgehead atoms. The minimum atomic E-state index is -0.639. The Labute approximate surface area is 143 Å². The molecule has 0 aromatic carbocycles. The van der Waals surface area contributed by atoms with E-state index in [1.165, 1.54) is 5.51 Å². The van der Waals surface area contributed by atoms with Gasteiger partial charge in [-0.15, -0.1) is 10.2 Å². The summed E-state index contributed by atoms with van der Waals surface area (Å²) in [5, 5.41) is 20.9. The van der Waals surface area contributed by atoms with Gasteiger partial charge in [0.2, 0.25) is 5.13 Å². The van der Waals surface area contributed by atoms with Crippen LogP contribution >= 0.6 is 11.3 Å². The number of carbonyl (C=O) groups is 1. The molecule has 2 N–H and O–H groups in total. The van der Waals surface area contributed by atoms with E-state index in [9.17, 15) is 14.7 Å². The van der Waals surface area contributed by atoms with Crippen molar-refractivity contribution in [3.63, 3.8) is 0 Å². The standard InChI is InChI=1S/C16H20N4O3S/c1-3-6-20-11-5-4-9(2)7-10(11)13(21)12(15(20)23)14(22)18-16-19-17-8-24-16/h8-9,21H,3-7H2,1-2H3,(H,18,19,22). The van der Waals surface area contributed by atoms with E-state index < -0.39 is 11.5 Å². The lowest BCUT2D eigenvalue weighted by Gasteiger charge is -2.26. The maximum absolute atomic E-state index is 12.8. The van der Waals surface area contributed by atoms with E-state index in [0.29, 0.717) is 24.0 Å². The van der Waals surface area contributed by atoms with Gasteiger partial charge >= 0.3 is 0 Å². The lowest BCUT2D eigenvalue weighted by atomic mass is 9.86. The molecule has 1 aliphatic carbocycles. The molecule has 3 rings (SSSR count). The largest absolute Gasteiger partial charge is 0.507 e. The van der Waals surface area contributed by atoms with Gasteiger partial charge < -0.3 is 9.67 Å². The predicted molar refractivity (Wildman–Crippen MR) is 91.7 cm³/mol. The zero-order valence-electron chi connectivity index (χ0n) is 13.7. The van der Waals surface area contributed by atoms with Crippen LogP contribution in [0, 0.1) is 5.92 Å². The van der Waals surface area contributed by atoms with Gasteiger partial charge in [0.05, 0.1) is 0 Å². The molecule has 1 aliphatic rings. The maximum atomic E-state index is 12.8. The molecule has 0 fully saturated rings. The number of anilines is 1. The van der Waals surface area contributed by atoms with Crippen LogP contribution < -0.4 is 10.9 Å². The Morgan fingerprint density at radius 2 is 2.33 bits per heavy atom. The number of pyridine rings is 1. The first kappa shape index (κ1) is 16.6. The molecule has 2 aromatic heterocycles. The number of amides is 1. The first-order chi connectivity index (χ1) is 11.5. The summed E-state index contributed by atoms with van der Waals surface area (Å²) >= 11 is 1.16. The Morgan fingerprint density at radius 1 is 1.54 bits per heavy atom. The zero-order chi connectivity index (χ0) is 17.3. The Bertz CT molecular complexity index is 814. The van der Waals surface area contributed by atoms with Crippen LogP contribution in [0.5, 0.6) is 5.75 Å². The van der Waals surface area contributed by atoms with Gasteiger partial charge in [0.1, 0.15) is 16.8 Å². The van der Waals surface area contributed by atoms with Crippen molar-refractivity contribution in [2.45, 2.75) is 46.1 Å². The lowest BCUT2D eigenvalue weighted by molar-refractivity contribution is 0.102. The summed E-state index contributed by atoms with van der Waals surface area (Å²) in [7, 11) is 0. The third kappa shape index (κ3) is 2.93. The molecular weight excluding hydrogens is 328 g/mol. The summed E-state index contributed by atoms with van der Waals surface area (Å²) in [5.41, 5.74) is 2.43. The minimum absolute atomic E-state index is 0.184. The fourth-order valence-corrected chi connectivity index (χ4v) is 3.64. The molecule has 1 amide bonds. The molecule has 1 atom stereocenters. The van der Waals surface area contributed by atoms with Crippen LogP contribution in [0.25, 0.3) is 0 Å². The smallest absolute Gasteiger partial charge is 0.267 e. The van der Waals surface area contributed by atoms with E-state index >= 15 is 0 Å². The monoisotopic (exact) mass is 348 g/mol. The highest BCUT2D eigenvalue weighted by atomic mass is 32.1. The molecule has 128 valence electrons. The number of fused-ring (bicyclic) bond motifs is 1. The van der Waals surface area contributed by atoms with Crippen molar-refractivity contribution in [3.05, 3.63) is 32.7 Å². The second-order valence-corrected chi connectivity index (χ2v) is 6.98. The summed E-state index contributed by atoms with van der Waals surface area (Å²) in [6.07, 6.45) is 3.18. The van der Waals surface area contributed by atoms with Gasteiger partial charge in [0.15, 0.2) is 0 Å². The van der Waals surface area contributed by atoms with E-state index in [1.807, 2.05) is 6.92 Å². The maximum Gasteiger partial charge on any atom is 0.267 e. The topological polar surface area (TPSA) is 97.1 Å². The highest BCUT2D eigenvalue weighted by Gasteiger charge is 2.29. The third-order valence-electron chi connectivity index (χ3n) is 4.34. The number of aromatic hydroxyl groups is 1. The van der Waals surface area contributed by atoms with Crippen molar-refractivity contribution < 1.29 is 9.90 Å². The number of nitrogens with one attached hydrogen (secondary N) is 1. The Balaban J connectivity index is 2.11. The highest BCUT2D eigenvalue weighted by molar-refractivity contribution is 7.13. The molecule has 2 aromatic rings. The minimum Gasteiger partial charge on any atom is -0.507 e. The molecule has 24 heavy (non-hydrogen) atoms. The van der Waals surface area contributed by atoms with Crippen LogP contribution in [0.1, 0.15) is 48.3 Å². The van der Waals surface area contributed by atoms with Gasteiger partial charge in [-0.1, -0.05) is 25.2 Å². The molecule has 0 saturated heterocycles. The molecule has 0 saturated carbocycles. The van der Waals surface area contributed by atoms with Crippen LogP contribution in [0.4, 0.5) is 5.13 Å². The molecule has 2 heterocycles. The van der Waals surface area contributed by atoms with Crippen LogP contribution in [0.2, 0.25) is 0 Å². The first-order valence-corrected chi connectivity index (χ1v) is 8.95. The van der Waals surface area contributed by atoms with Gasteiger partial charge in [0.25, 0.3) is 11.5 Å². The first-order valence-electron chi connectivity index (χ1n) is 8.07. The SMILES string of the molecule is CCCn1c2c(c(O)c(C(=O)Nc3nncs3)c1=O)CC(C)CC2. The van der Waals surface area contributed by atoms with E-state index in [-0.39, 0.29) is 11.3 Å². The third-order valence-corrected chi connectivity index (χ3v) is 4.94. The molecule has 0 spiro atoms. The number of aromatic nitrogens is 3. The van der Waals surface area contributed by atoms with Crippen molar-refractivity contribution in [3.8, 4) is 5.75 Å². The number of hydrogen-bond acceptors (Lipinski definition) is 6. The molecule has 7 nitrogen and oxygen atoms in total. The number of carbonyl (C=O) groups excluding carboxylic acids is 1. The fourth-order valence-electron chi connectivity index (χ4n) is 3.20. The second kappa shape index (κ2) is 6.72. The average molecular weight is 348 g/mol. The summed E-state index contributed by atoms with van der Waals surface area (Å²) in [6.45, 7) is 4.63. The summed E-state index contributed by atoms with van der Waals surface area (Å²) < 4.78 is 1.65. The van der Waals surface area contributed by atoms with E-state index in [2.05, 4.69) is 22.4 Å². The molecule has 1 unspecified atom stereocenters. The zero-order valence-corrected chi connectivity index (χ0v) is 14.5. The van der Waals surface area contributed by atoms with E-state index in [1.54, 1.807) is 4.57 Å². The Hall–Kier alpha value is -2.22. The van der Waals surface area contributed by atoms with Gasteiger partial charge in [0, 0.05) is 17.8 Å². The van der Waals surface area contributed by atoms with Gasteiger partial charge in [-0.05, 0) is 31.6 Å². The molecular formula is C16H20N4O3S. The van der Waals surface area contributed by atoms with E-state index in [0.717, 1.165) is 41.9 Å². The summed E-state index contributed by atoms with van der Waals surface area (Å²) in [5.74, 6) is -0.411. The van der Waals surface area contributed by atoms with Crippen LogP contribution in [0.3, 0.4) is 0 Å². The number of hydrogen-bond donors (Lipinski definition) is 2. The van der Waals surface area contributed by atoms with Crippen molar-refractivity contribution in [2.75, 3.05) is 5.32 Å². The molecule has 8 heteroatoms. The van der Waals surface area contributed by atoms with Crippen molar-refractivity contribution in [2.24, 2.45) is 5.92 Å². The number of rotatable bonds is 4. The van der Waals surface area contributed by atoms with Crippen LogP contribution in [-0.4, -0.2) is 25.8 Å². The second-order valence-electron chi connectivity index (χ2n) is 6.15. The highest BCUT2D eigenvalue weighted by Crippen LogP contribution is 2.33. The Kier molecular flexibility index (Phi) is 4.66. The fraction of sp³-hybridized carbons (Fsp3) is 0.500. The van der Waals surface area contributed by atoms with E-state index in [4.69, 9.17) is 0 Å². The van der Waals surface area contributed by atoms with Crippen molar-refractivity contribution in [1.29, 1.82) is 0 Å². The Morgan fingerprint density at radius 3 is 3.00 bits per heavy atom.